The number of carbonyl (C=O) groups is 2. The molecule has 0 aromatic heterocycles. The van der Waals surface area contributed by atoms with Crippen LogP contribution in [0, 0.1) is 6.92 Å². The van der Waals surface area contributed by atoms with E-state index in [0.717, 1.165) is 16.9 Å². The summed E-state index contributed by atoms with van der Waals surface area (Å²) < 4.78 is 5.25. The maximum absolute atomic E-state index is 11.1. The van der Waals surface area contributed by atoms with Crippen molar-refractivity contribution in [3.63, 3.8) is 0 Å². The van der Waals surface area contributed by atoms with Crippen molar-refractivity contribution in [3.05, 3.63) is 29.3 Å². The van der Waals surface area contributed by atoms with Gasteiger partial charge < -0.3 is 9.64 Å². The monoisotopic (exact) mass is 235 g/mol. The number of aryl methyl sites for hydroxylation is 1. The second-order valence-corrected chi connectivity index (χ2v) is 3.94. The molecule has 0 saturated heterocycles. The van der Waals surface area contributed by atoms with Gasteiger partial charge in [-0.25, -0.2) is 0 Å². The van der Waals surface area contributed by atoms with Gasteiger partial charge in [-0.15, -0.1) is 0 Å². The third-order valence-electron chi connectivity index (χ3n) is 2.63. The van der Waals surface area contributed by atoms with E-state index in [-0.39, 0.29) is 0 Å². The molecular weight excluding hydrogens is 218 g/mol. The van der Waals surface area contributed by atoms with Gasteiger partial charge in [0.2, 0.25) is 6.29 Å². The molecule has 0 bridgehead atoms. The Kier molecular flexibility index (Phi) is 4.69. The summed E-state index contributed by atoms with van der Waals surface area (Å²) in [6, 6.07) is 5.91. The molecule has 0 saturated carbocycles. The number of rotatable bonds is 5. The summed E-state index contributed by atoms with van der Waals surface area (Å²) in [5.74, 6) is 0.305. The number of benzene rings is 1. The first-order valence-corrected chi connectivity index (χ1v) is 5.42. The Morgan fingerprint density at radius 2 is 2.18 bits per heavy atom. The molecule has 92 valence electrons. The molecule has 4 heteroatoms. The molecule has 0 atom stereocenters. The van der Waals surface area contributed by atoms with E-state index in [4.69, 9.17) is 4.74 Å². The molecule has 4 nitrogen and oxygen atoms in total. The fourth-order valence-electron chi connectivity index (χ4n) is 1.59. The van der Waals surface area contributed by atoms with Crippen LogP contribution in [0.4, 0.5) is 0 Å². The first-order chi connectivity index (χ1) is 8.08. The highest BCUT2D eigenvalue weighted by atomic mass is 16.5. The molecule has 0 fully saturated rings. The Hall–Kier alpha value is -1.84. The summed E-state index contributed by atoms with van der Waals surface area (Å²) in [6.45, 7) is 2.50. The zero-order valence-corrected chi connectivity index (χ0v) is 10.4. The molecular formula is C13H17NO3. The summed E-state index contributed by atoms with van der Waals surface area (Å²) in [5, 5.41) is 0. The van der Waals surface area contributed by atoms with Crippen LogP contribution in [0.3, 0.4) is 0 Å². The molecule has 0 aliphatic carbocycles. The molecule has 0 heterocycles. The van der Waals surface area contributed by atoms with E-state index in [2.05, 4.69) is 0 Å². The van der Waals surface area contributed by atoms with Gasteiger partial charge in [-0.1, -0.05) is 17.7 Å². The Morgan fingerprint density at radius 3 is 2.76 bits per heavy atom. The van der Waals surface area contributed by atoms with E-state index in [1.165, 1.54) is 4.90 Å². The summed E-state index contributed by atoms with van der Waals surface area (Å²) in [4.78, 5) is 22.8. The molecule has 0 aliphatic heterocycles. The quantitative estimate of drug-likeness (QED) is 0.569. The maximum Gasteiger partial charge on any atom is 0.286 e. The molecule has 1 amide bonds. The van der Waals surface area contributed by atoms with Gasteiger partial charge in [-0.2, -0.15) is 0 Å². The molecule has 0 aliphatic rings. The third kappa shape index (κ3) is 3.59. The number of likely N-dealkylation sites (N-methyl/N-ethyl adjacent to an activating group) is 1. The van der Waals surface area contributed by atoms with E-state index in [9.17, 15) is 9.59 Å². The van der Waals surface area contributed by atoms with Crippen LogP contribution in [0.1, 0.15) is 11.1 Å². The molecule has 0 radical (unpaired) electrons. The number of ether oxygens (including phenoxy) is 1. The lowest BCUT2D eigenvalue weighted by Crippen LogP contribution is -2.29. The highest BCUT2D eigenvalue weighted by molar-refractivity contribution is 6.23. The van der Waals surface area contributed by atoms with Crippen molar-refractivity contribution in [2.75, 3.05) is 20.7 Å². The number of methoxy groups -OCH3 is 1. The number of hydrogen-bond acceptors (Lipinski definition) is 3. The van der Waals surface area contributed by atoms with Gasteiger partial charge in [-0.3, -0.25) is 9.59 Å². The van der Waals surface area contributed by atoms with Crippen LogP contribution >= 0.6 is 0 Å². The molecule has 1 aromatic rings. The van der Waals surface area contributed by atoms with Crippen molar-refractivity contribution in [1.82, 2.24) is 4.90 Å². The summed E-state index contributed by atoms with van der Waals surface area (Å²) in [5.41, 5.74) is 2.18. The van der Waals surface area contributed by atoms with Gasteiger partial charge in [0.1, 0.15) is 5.75 Å². The zero-order valence-electron chi connectivity index (χ0n) is 10.4. The van der Waals surface area contributed by atoms with E-state index >= 15 is 0 Å². The van der Waals surface area contributed by atoms with Gasteiger partial charge in [0, 0.05) is 13.6 Å². The summed E-state index contributed by atoms with van der Waals surface area (Å²) in [7, 11) is 3.23. The van der Waals surface area contributed by atoms with E-state index in [0.29, 0.717) is 19.3 Å². The third-order valence-corrected chi connectivity index (χ3v) is 2.63. The number of aldehydes is 1. The van der Waals surface area contributed by atoms with Crippen LogP contribution in [0.2, 0.25) is 0 Å². The van der Waals surface area contributed by atoms with Gasteiger partial charge in [-0.05, 0) is 25.0 Å². The van der Waals surface area contributed by atoms with E-state index < -0.39 is 5.91 Å². The van der Waals surface area contributed by atoms with Crippen molar-refractivity contribution in [2.45, 2.75) is 13.3 Å². The Morgan fingerprint density at radius 1 is 1.47 bits per heavy atom. The molecule has 0 unspecified atom stereocenters. The lowest BCUT2D eigenvalue weighted by Gasteiger charge is -2.15. The Balaban J connectivity index is 2.71. The first-order valence-electron chi connectivity index (χ1n) is 5.42. The smallest absolute Gasteiger partial charge is 0.286 e. The Bertz CT molecular complexity index is 415. The summed E-state index contributed by atoms with van der Waals surface area (Å²) in [6.07, 6.45) is 0.994. The van der Waals surface area contributed by atoms with Gasteiger partial charge >= 0.3 is 0 Å². The highest BCUT2D eigenvalue weighted by Crippen LogP contribution is 2.20. The van der Waals surface area contributed by atoms with Crippen LogP contribution < -0.4 is 4.74 Å². The molecule has 17 heavy (non-hydrogen) atoms. The molecule has 0 N–H and O–H groups in total. The lowest BCUT2D eigenvalue weighted by molar-refractivity contribution is -0.137. The van der Waals surface area contributed by atoms with Crippen molar-refractivity contribution in [2.24, 2.45) is 0 Å². The van der Waals surface area contributed by atoms with Crippen molar-refractivity contribution >= 4 is 12.2 Å². The zero-order chi connectivity index (χ0) is 12.8. The predicted octanol–water partition coefficient (Wildman–Crippen LogP) is 1.20. The van der Waals surface area contributed by atoms with E-state index in [1.54, 1.807) is 14.2 Å². The summed E-state index contributed by atoms with van der Waals surface area (Å²) >= 11 is 0. The van der Waals surface area contributed by atoms with Crippen LogP contribution in [0.25, 0.3) is 0 Å². The van der Waals surface area contributed by atoms with Crippen LogP contribution in [-0.4, -0.2) is 37.8 Å². The minimum atomic E-state index is -0.503. The molecule has 1 rings (SSSR count). The van der Waals surface area contributed by atoms with Gasteiger partial charge in [0.25, 0.3) is 5.91 Å². The molecule has 1 aromatic carbocycles. The van der Waals surface area contributed by atoms with Crippen molar-refractivity contribution < 1.29 is 14.3 Å². The SMILES string of the molecule is COc1ccc(C)cc1CCN(C)C(=O)C=O. The Labute approximate surface area is 101 Å². The number of carbonyl (C=O) groups excluding carboxylic acids is 2. The topological polar surface area (TPSA) is 46.6 Å². The average molecular weight is 235 g/mol. The minimum Gasteiger partial charge on any atom is -0.496 e. The van der Waals surface area contributed by atoms with Gasteiger partial charge in [0.15, 0.2) is 0 Å². The molecule has 0 spiro atoms. The van der Waals surface area contributed by atoms with Crippen LogP contribution in [-0.2, 0) is 16.0 Å². The average Bonchev–Trinajstić information content (AvgIpc) is 2.35. The van der Waals surface area contributed by atoms with Crippen LogP contribution in [0.5, 0.6) is 5.75 Å². The lowest BCUT2D eigenvalue weighted by atomic mass is 10.1. The number of amides is 1. The predicted molar refractivity (Wildman–Crippen MR) is 65.1 cm³/mol. The van der Waals surface area contributed by atoms with Crippen molar-refractivity contribution in [3.8, 4) is 5.75 Å². The maximum atomic E-state index is 11.1. The number of hydrogen-bond donors (Lipinski definition) is 0. The largest absolute Gasteiger partial charge is 0.496 e. The fourth-order valence-corrected chi connectivity index (χ4v) is 1.59. The van der Waals surface area contributed by atoms with Crippen molar-refractivity contribution in [1.29, 1.82) is 0 Å². The fraction of sp³-hybridized carbons (Fsp3) is 0.385. The minimum absolute atomic E-state index is 0.327. The van der Waals surface area contributed by atoms with Crippen LogP contribution in [0.15, 0.2) is 18.2 Å². The van der Waals surface area contributed by atoms with Gasteiger partial charge in [0.05, 0.1) is 7.11 Å². The van der Waals surface area contributed by atoms with E-state index in [1.807, 2.05) is 25.1 Å². The first kappa shape index (κ1) is 13.2. The second kappa shape index (κ2) is 6.03. The number of nitrogens with zero attached hydrogens (tertiary/aromatic N) is 1. The second-order valence-electron chi connectivity index (χ2n) is 3.94. The standard InChI is InChI=1S/C13H17NO3/c1-10-4-5-12(17-3)11(8-10)6-7-14(2)13(16)9-15/h4-5,8-9H,6-7H2,1-3H3. The highest BCUT2D eigenvalue weighted by Gasteiger charge is 2.09. The normalized spacial score (nSPS) is 9.82.